The van der Waals surface area contributed by atoms with Crippen LogP contribution in [0.15, 0.2) is 36.4 Å². The topological polar surface area (TPSA) is 86.6 Å². The van der Waals surface area contributed by atoms with Crippen molar-refractivity contribution in [3.63, 3.8) is 0 Å². The van der Waals surface area contributed by atoms with Gasteiger partial charge in [-0.2, -0.15) is 0 Å². The van der Waals surface area contributed by atoms with Crippen molar-refractivity contribution in [3.8, 4) is 23.0 Å². The molecule has 7 nitrogen and oxygen atoms in total. The van der Waals surface area contributed by atoms with Crippen molar-refractivity contribution in [2.45, 2.75) is 31.3 Å². The van der Waals surface area contributed by atoms with E-state index in [1.54, 1.807) is 27.4 Å². The molecule has 3 atom stereocenters. The molecule has 1 heterocycles. The van der Waals surface area contributed by atoms with Crippen LogP contribution in [0.5, 0.6) is 23.0 Å². The van der Waals surface area contributed by atoms with Gasteiger partial charge in [-0.05, 0) is 23.8 Å². The summed E-state index contributed by atoms with van der Waals surface area (Å²) in [6, 6.07) is 11.2. The molecule has 2 N–H and O–H groups in total. The maximum absolute atomic E-state index is 10.1. The molecule has 162 valence electrons. The van der Waals surface area contributed by atoms with Crippen molar-refractivity contribution in [2.75, 3.05) is 27.9 Å². The Bertz CT molecular complexity index is 847. The van der Waals surface area contributed by atoms with E-state index in [9.17, 15) is 10.2 Å². The monoisotopic (exact) mass is 416 g/mol. The smallest absolute Gasteiger partial charge is 0.202 e. The Labute approximate surface area is 176 Å². The number of rotatable bonds is 8. The van der Waals surface area contributed by atoms with Crippen molar-refractivity contribution in [1.29, 1.82) is 0 Å². The largest absolute Gasteiger partial charge is 0.497 e. The van der Waals surface area contributed by atoms with Gasteiger partial charge in [0.2, 0.25) is 6.29 Å². The van der Waals surface area contributed by atoms with Crippen molar-refractivity contribution in [2.24, 2.45) is 0 Å². The molecule has 3 unspecified atom stereocenters. The highest BCUT2D eigenvalue weighted by atomic mass is 16.7. The molecule has 0 aliphatic carbocycles. The highest BCUT2D eigenvalue weighted by Gasteiger charge is 2.30. The average Bonchev–Trinajstić information content (AvgIpc) is 2.78. The quantitative estimate of drug-likeness (QED) is 0.640. The van der Waals surface area contributed by atoms with Gasteiger partial charge in [-0.25, -0.2) is 0 Å². The van der Waals surface area contributed by atoms with Crippen LogP contribution in [0.25, 0.3) is 12.2 Å². The zero-order chi connectivity index (χ0) is 21.5. The van der Waals surface area contributed by atoms with Crippen molar-refractivity contribution in [1.82, 2.24) is 0 Å². The van der Waals surface area contributed by atoms with Crippen LogP contribution in [0.2, 0.25) is 0 Å². The molecule has 1 fully saturated rings. The lowest BCUT2D eigenvalue weighted by molar-refractivity contribution is -0.185. The van der Waals surface area contributed by atoms with Crippen molar-refractivity contribution >= 4 is 12.2 Å². The molecule has 2 aromatic carbocycles. The van der Waals surface area contributed by atoms with Gasteiger partial charge in [0.15, 0.2) is 11.5 Å². The first-order valence-electron chi connectivity index (χ1n) is 9.75. The van der Waals surface area contributed by atoms with Gasteiger partial charge in [-0.1, -0.05) is 24.3 Å². The Balaban J connectivity index is 1.91. The van der Waals surface area contributed by atoms with Gasteiger partial charge in [0.25, 0.3) is 0 Å². The molecule has 30 heavy (non-hydrogen) atoms. The summed E-state index contributed by atoms with van der Waals surface area (Å²) in [6.07, 6.45) is 2.72. The first-order chi connectivity index (χ1) is 14.6. The summed E-state index contributed by atoms with van der Waals surface area (Å²) in [7, 11) is 4.76. The molecule has 1 aliphatic rings. The fourth-order valence-corrected chi connectivity index (χ4v) is 3.29. The Hall–Kier alpha value is -2.74. The van der Waals surface area contributed by atoms with Gasteiger partial charge in [0.1, 0.15) is 11.5 Å². The molecule has 3 rings (SSSR count). The number of methoxy groups -OCH3 is 3. The van der Waals surface area contributed by atoms with Gasteiger partial charge in [0, 0.05) is 24.5 Å². The number of aliphatic hydroxyl groups excluding tert-OH is 2. The van der Waals surface area contributed by atoms with E-state index in [4.69, 9.17) is 23.7 Å². The van der Waals surface area contributed by atoms with E-state index in [-0.39, 0.29) is 6.61 Å². The number of ether oxygens (including phenoxy) is 5. The van der Waals surface area contributed by atoms with Gasteiger partial charge in [0.05, 0.1) is 40.1 Å². The fraction of sp³-hybridized carbons (Fsp3) is 0.391. The minimum absolute atomic E-state index is 0.180. The lowest BCUT2D eigenvalue weighted by Crippen LogP contribution is -2.40. The molecule has 0 bridgehead atoms. The van der Waals surface area contributed by atoms with Crippen LogP contribution < -0.4 is 18.9 Å². The van der Waals surface area contributed by atoms with Crippen LogP contribution >= 0.6 is 0 Å². The fourth-order valence-electron chi connectivity index (χ4n) is 3.29. The Morgan fingerprint density at radius 1 is 0.967 bits per heavy atom. The van der Waals surface area contributed by atoms with E-state index >= 15 is 0 Å². The van der Waals surface area contributed by atoms with E-state index in [0.717, 1.165) is 16.9 Å². The van der Waals surface area contributed by atoms with E-state index in [2.05, 4.69) is 0 Å². The van der Waals surface area contributed by atoms with Crippen LogP contribution in [0.1, 0.15) is 24.0 Å². The SMILES string of the molecule is COc1ccc(/C=C/c2cc(OC)cc(OC)c2OC2CC(O)CC(CO)O2)cc1. The maximum Gasteiger partial charge on any atom is 0.202 e. The Kier molecular flexibility index (Phi) is 7.57. The normalized spacial score (nSPS) is 21.4. The molecule has 0 radical (unpaired) electrons. The molecule has 0 saturated carbocycles. The molecular formula is C23H28O7. The van der Waals surface area contributed by atoms with Crippen LogP contribution in [0.3, 0.4) is 0 Å². The van der Waals surface area contributed by atoms with E-state index < -0.39 is 18.5 Å². The van der Waals surface area contributed by atoms with E-state index in [1.165, 1.54) is 0 Å². The second kappa shape index (κ2) is 10.3. The molecule has 7 heteroatoms. The summed E-state index contributed by atoms with van der Waals surface area (Å²) in [5.41, 5.74) is 1.71. The number of hydrogen-bond acceptors (Lipinski definition) is 7. The second-order valence-corrected chi connectivity index (χ2v) is 6.97. The minimum Gasteiger partial charge on any atom is -0.497 e. The van der Waals surface area contributed by atoms with Gasteiger partial charge in [-0.3, -0.25) is 0 Å². The third kappa shape index (κ3) is 5.44. The molecule has 0 spiro atoms. The van der Waals surface area contributed by atoms with E-state index in [0.29, 0.717) is 30.1 Å². The first-order valence-corrected chi connectivity index (χ1v) is 9.75. The highest BCUT2D eigenvalue weighted by Crippen LogP contribution is 2.39. The predicted molar refractivity (Wildman–Crippen MR) is 113 cm³/mol. The van der Waals surface area contributed by atoms with Gasteiger partial charge in [-0.15, -0.1) is 0 Å². The minimum atomic E-state index is -0.707. The van der Waals surface area contributed by atoms with Crippen LogP contribution in [0.4, 0.5) is 0 Å². The third-order valence-electron chi connectivity index (χ3n) is 4.88. The molecular weight excluding hydrogens is 388 g/mol. The second-order valence-electron chi connectivity index (χ2n) is 6.97. The number of aliphatic hydroxyl groups is 2. The number of hydrogen-bond donors (Lipinski definition) is 2. The first kappa shape index (κ1) is 22.0. The molecule has 1 saturated heterocycles. The lowest BCUT2D eigenvalue weighted by Gasteiger charge is -2.32. The third-order valence-corrected chi connectivity index (χ3v) is 4.88. The molecule has 0 amide bonds. The summed E-state index contributed by atoms with van der Waals surface area (Å²) in [5.74, 6) is 2.35. The van der Waals surface area contributed by atoms with Crippen molar-refractivity contribution < 1.29 is 33.9 Å². The van der Waals surface area contributed by atoms with Crippen molar-refractivity contribution in [3.05, 3.63) is 47.5 Å². The van der Waals surface area contributed by atoms with Gasteiger partial charge < -0.3 is 33.9 Å². The molecule has 0 aromatic heterocycles. The summed E-state index contributed by atoms with van der Waals surface area (Å²) in [4.78, 5) is 0. The predicted octanol–water partition coefficient (Wildman–Crippen LogP) is 3.12. The van der Waals surface area contributed by atoms with Crippen LogP contribution in [-0.2, 0) is 4.74 Å². The Morgan fingerprint density at radius 2 is 1.70 bits per heavy atom. The average molecular weight is 416 g/mol. The maximum atomic E-state index is 10.1. The lowest BCUT2D eigenvalue weighted by atomic mass is 10.1. The zero-order valence-electron chi connectivity index (χ0n) is 17.4. The summed E-state index contributed by atoms with van der Waals surface area (Å²) >= 11 is 0. The van der Waals surface area contributed by atoms with Gasteiger partial charge >= 0.3 is 0 Å². The summed E-state index contributed by atoms with van der Waals surface area (Å²) in [5, 5.41) is 19.5. The number of benzene rings is 2. The van der Waals surface area contributed by atoms with E-state index in [1.807, 2.05) is 42.5 Å². The molecule has 2 aromatic rings. The standard InChI is InChI=1S/C23H28O7/c1-26-18-8-5-15(6-9-18)4-7-16-10-19(27-2)13-21(28-3)23(16)30-22-12-17(25)11-20(14-24)29-22/h4-10,13,17,20,22,24-25H,11-12,14H2,1-3H3/b7-4+. The molecule has 1 aliphatic heterocycles. The van der Waals surface area contributed by atoms with Crippen LogP contribution in [-0.4, -0.2) is 56.6 Å². The summed E-state index contributed by atoms with van der Waals surface area (Å²) < 4.78 is 27.9. The summed E-state index contributed by atoms with van der Waals surface area (Å²) in [6.45, 7) is -0.180. The Morgan fingerprint density at radius 3 is 2.33 bits per heavy atom. The highest BCUT2D eigenvalue weighted by molar-refractivity contribution is 5.75. The zero-order valence-corrected chi connectivity index (χ0v) is 17.4. The van der Waals surface area contributed by atoms with Crippen LogP contribution in [0, 0.1) is 0 Å².